The minimum absolute atomic E-state index is 0.224. The van der Waals surface area contributed by atoms with E-state index < -0.39 is 0 Å². The van der Waals surface area contributed by atoms with Crippen molar-refractivity contribution in [3.05, 3.63) is 36.2 Å². The van der Waals surface area contributed by atoms with E-state index in [9.17, 15) is 0 Å². The summed E-state index contributed by atoms with van der Waals surface area (Å²) in [4.78, 5) is 9.38. The van der Waals surface area contributed by atoms with Crippen LogP contribution in [0.4, 0.5) is 0 Å². The number of benzene rings is 2. The first kappa shape index (κ1) is 14.3. The second kappa shape index (κ2) is 5.49. The summed E-state index contributed by atoms with van der Waals surface area (Å²) in [6, 6.07) is 9.65. The third kappa shape index (κ3) is 2.32. The number of hydrogen-bond acceptors (Lipinski definition) is 7. The van der Waals surface area contributed by atoms with Crippen LogP contribution in [0.1, 0.15) is 5.82 Å². The first-order chi connectivity index (χ1) is 12.3. The molecule has 0 amide bonds. The lowest BCUT2D eigenvalue weighted by Crippen LogP contribution is -2.10. The summed E-state index contributed by atoms with van der Waals surface area (Å²) in [5, 5.41) is 4.00. The van der Waals surface area contributed by atoms with Gasteiger partial charge in [-0.05, 0) is 31.3 Å². The van der Waals surface area contributed by atoms with Crippen LogP contribution in [0.2, 0.25) is 0 Å². The van der Waals surface area contributed by atoms with Gasteiger partial charge in [-0.2, -0.15) is 0 Å². The van der Waals surface area contributed by atoms with Crippen LogP contribution in [-0.2, 0) is 6.54 Å². The average Bonchev–Trinajstić information content (AvgIpc) is 3.27. The molecule has 5 rings (SSSR count). The number of rotatable bonds is 3. The molecule has 0 spiro atoms. The van der Waals surface area contributed by atoms with Crippen LogP contribution >= 0.6 is 0 Å². The molecule has 0 radical (unpaired) electrons. The molecule has 2 aliphatic rings. The molecule has 0 saturated heterocycles. The van der Waals surface area contributed by atoms with E-state index in [1.54, 1.807) is 0 Å². The Labute approximate surface area is 143 Å². The van der Waals surface area contributed by atoms with E-state index in [0.717, 1.165) is 33.7 Å². The Morgan fingerprint density at radius 1 is 0.880 bits per heavy atom. The van der Waals surface area contributed by atoms with Crippen molar-refractivity contribution in [3.8, 4) is 34.3 Å². The number of nitrogens with one attached hydrogen (secondary N) is 1. The van der Waals surface area contributed by atoms with Gasteiger partial charge in [0, 0.05) is 17.0 Å². The number of fused-ring (bicyclic) bond motifs is 3. The summed E-state index contributed by atoms with van der Waals surface area (Å²) < 4.78 is 21.9. The molecule has 0 aliphatic carbocycles. The molecular formula is C18H15N3O4. The van der Waals surface area contributed by atoms with Crippen LogP contribution in [0, 0.1) is 0 Å². The molecule has 3 heterocycles. The van der Waals surface area contributed by atoms with E-state index >= 15 is 0 Å². The van der Waals surface area contributed by atoms with Gasteiger partial charge in [-0.3, -0.25) is 0 Å². The van der Waals surface area contributed by atoms with Crippen LogP contribution < -0.4 is 24.3 Å². The average molecular weight is 337 g/mol. The summed E-state index contributed by atoms with van der Waals surface area (Å²) >= 11 is 0. The van der Waals surface area contributed by atoms with Gasteiger partial charge in [0.1, 0.15) is 5.82 Å². The van der Waals surface area contributed by atoms with Crippen LogP contribution in [0.3, 0.4) is 0 Å². The molecule has 7 nitrogen and oxygen atoms in total. The lowest BCUT2D eigenvalue weighted by atomic mass is 10.0. The Balaban J connectivity index is 1.74. The monoisotopic (exact) mass is 337 g/mol. The predicted octanol–water partition coefficient (Wildman–Crippen LogP) is 2.47. The van der Waals surface area contributed by atoms with Gasteiger partial charge in [0.05, 0.1) is 17.8 Å². The number of nitrogens with zero attached hydrogens (tertiary/aromatic N) is 2. The van der Waals surface area contributed by atoms with Crippen LogP contribution in [0.15, 0.2) is 30.3 Å². The van der Waals surface area contributed by atoms with Crippen LogP contribution in [0.5, 0.6) is 23.0 Å². The molecule has 2 aliphatic heterocycles. The van der Waals surface area contributed by atoms with Gasteiger partial charge < -0.3 is 24.3 Å². The summed E-state index contributed by atoms with van der Waals surface area (Å²) in [7, 11) is 1.87. The molecule has 2 aromatic carbocycles. The summed E-state index contributed by atoms with van der Waals surface area (Å²) in [6.07, 6.45) is 0. The lowest BCUT2D eigenvalue weighted by Gasteiger charge is -2.10. The molecule has 1 aromatic heterocycles. The second-order valence-corrected chi connectivity index (χ2v) is 5.81. The lowest BCUT2D eigenvalue weighted by molar-refractivity contribution is 0.173. The number of hydrogen-bond donors (Lipinski definition) is 1. The number of ether oxygens (including phenoxy) is 4. The maximum absolute atomic E-state index is 5.51. The molecule has 0 saturated carbocycles. The Morgan fingerprint density at radius 3 is 2.40 bits per heavy atom. The van der Waals surface area contributed by atoms with E-state index in [1.165, 1.54) is 0 Å². The van der Waals surface area contributed by atoms with Gasteiger partial charge in [-0.15, -0.1) is 0 Å². The quantitative estimate of drug-likeness (QED) is 0.787. The highest BCUT2D eigenvalue weighted by Crippen LogP contribution is 2.40. The van der Waals surface area contributed by atoms with E-state index in [0.29, 0.717) is 23.9 Å². The minimum atomic E-state index is 0.224. The van der Waals surface area contributed by atoms with Crippen molar-refractivity contribution in [2.45, 2.75) is 6.54 Å². The van der Waals surface area contributed by atoms with Gasteiger partial charge in [-0.1, -0.05) is 0 Å². The van der Waals surface area contributed by atoms with Crippen molar-refractivity contribution in [1.82, 2.24) is 15.3 Å². The van der Waals surface area contributed by atoms with E-state index in [-0.39, 0.29) is 13.6 Å². The summed E-state index contributed by atoms with van der Waals surface area (Å²) in [5.74, 6) is 3.59. The van der Waals surface area contributed by atoms with Crippen molar-refractivity contribution >= 4 is 10.9 Å². The standard InChI is InChI=1S/C18H15N3O4/c1-19-7-17-20-12-6-16-15(24-9-25-16)5-11(12)18(21-17)10-2-3-13-14(4-10)23-8-22-13/h2-6,19H,7-9H2,1H3. The van der Waals surface area contributed by atoms with Crippen molar-refractivity contribution < 1.29 is 18.9 Å². The smallest absolute Gasteiger partial charge is 0.231 e. The molecule has 0 fully saturated rings. The minimum Gasteiger partial charge on any atom is -0.454 e. The third-order valence-electron chi connectivity index (χ3n) is 4.22. The largest absolute Gasteiger partial charge is 0.454 e. The Bertz CT molecular complexity index is 990. The summed E-state index contributed by atoms with van der Waals surface area (Å²) in [5.41, 5.74) is 2.58. The SMILES string of the molecule is CNCc1nc(-c2ccc3c(c2)OCO3)c2cc3c(cc2n1)OCO3. The molecular weight excluding hydrogens is 322 g/mol. The molecule has 7 heteroatoms. The van der Waals surface area contributed by atoms with Gasteiger partial charge in [-0.25, -0.2) is 9.97 Å². The fraction of sp³-hybridized carbons (Fsp3) is 0.222. The van der Waals surface area contributed by atoms with Crippen molar-refractivity contribution in [2.75, 3.05) is 20.6 Å². The van der Waals surface area contributed by atoms with E-state index in [4.69, 9.17) is 23.9 Å². The predicted molar refractivity (Wildman–Crippen MR) is 90.0 cm³/mol. The van der Waals surface area contributed by atoms with Gasteiger partial charge in [0.2, 0.25) is 13.6 Å². The fourth-order valence-corrected chi connectivity index (χ4v) is 3.07. The van der Waals surface area contributed by atoms with Gasteiger partial charge >= 0.3 is 0 Å². The first-order valence-corrected chi connectivity index (χ1v) is 7.97. The van der Waals surface area contributed by atoms with E-state index in [1.807, 2.05) is 37.4 Å². The zero-order valence-electron chi connectivity index (χ0n) is 13.5. The maximum Gasteiger partial charge on any atom is 0.231 e. The van der Waals surface area contributed by atoms with Gasteiger partial charge in [0.25, 0.3) is 0 Å². The zero-order chi connectivity index (χ0) is 16.8. The highest BCUT2D eigenvalue weighted by molar-refractivity contribution is 5.95. The van der Waals surface area contributed by atoms with Gasteiger partial charge in [0.15, 0.2) is 23.0 Å². The van der Waals surface area contributed by atoms with E-state index in [2.05, 4.69) is 10.3 Å². The highest BCUT2D eigenvalue weighted by Gasteiger charge is 2.20. The molecule has 126 valence electrons. The highest BCUT2D eigenvalue weighted by atomic mass is 16.7. The third-order valence-corrected chi connectivity index (χ3v) is 4.22. The fourth-order valence-electron chi connectivity index (χ4n) is 3.07. The Kier molecular flexibility index (Phi) is 3.14. The van der Waals surface area contributed by atoms with Crippen LogP contribution in [0.25, 0.3) is 22.2 Å². The molecule has 3 aromatic rings. The molecule has 0 unspecified atom stereocenters. The normalized spacial score (nSPS) is 14.3. The topological polar surface area (TPSA) is 74.7 Å². The number of aromatic nitrogens is 2. The first-order valence-electron chi connectivity index (χ1n) is 7.97. The Morgan fingerprint density at radius 2 is 1.60 bits per heavy atom. The Hall–Kier alpha value is -3.06. The van der Waals surface area contributed by atoms with Crippen molar-refractivity contribution in [1.29, 1.82) is 0 Å². The second-order valence-electron chi connectivity index (χ2n) is 5.81. The maximum atomic E-state index is 5.51. The molecule has 25 heavy (non-hydrogen) atoms. The molecule has 0 bridgehead atoms. The molecule has 0 atom stereocenters. The van der Waals surface area contributed by atoms with Crippen LogP contribution in [-0.4, -0.2) is 30.6 Å². The zero-order valence-corrected chi connectivity index (χ0v) is 13.5. The molecule has 1 N–H and O–H groups in total. The van der Waals surface area contributed by atoms with Crippen molar-refractivity contribution in [3.63, 3.8) is 0 Å². The van der Waals surface area contributed by atoms with Crippen molar-refractivity contribution in [2.24, 2.45) is 0 Å². The summed E-state index contributed by atoms with van der Waals surface area (Å²) in [6.45, 7) is 1.04.